The van der Waals surface area contributed by atoms with Gasteiger partial charge in [-0.15, -0.1) is 0 Å². The lowest BCUT2D eigenvalue weighted by Gasteiger charge is -2.28. The number of sulfonamides is 1. The number of carbonyl (C=O) groups is 1. The number of hydrogen-bond acceptors (Lipinski definition) is 7. The second-order valence-electron chi connectivity index (χ2n) is 6.07. The first-order valence-corrected chi connectivity index (χ1v) is 10.2. The van der Waals surface area contributed by atoms with Crippen LogP contribution in [0.5, 0.6) is 11.5 Å². The molecule has 2 rings (SSSR count). The first-order valence-electron chi connectivity index (χ1n) is 8.35. The highest BCUT2D eigenvalue weighted by Crippen LogP contribution is 2.33. The fourth-order valence-corrected chi connectivity index (χ4v) is 3.88. The lowest BCUT2D eigenvalue weighted by atomic mass is 10.2. The summed E-state index contributed by atoms with van der Waals surface area (Å²) in [4.78, 5) is 23.0. The smallest absolute Gasteiger partial charge is 0.271 e. The number of ether oxygens (including phenoxy) is 2. The third-order valence-corrected chi connectivity index (χ3v) is 5.28. The Morgan fingerprint density at radius 1 is 1.14 bits per heavy atom. The molecule has 0 fully saturated rings. The summed E-state index contributed by atoms with van der Waals surface area (Å²) in [7, 11) is -1.000. The van der Waals surface area contributed by atoms with Crippen LogP contribution in [0.1, 0.15) is 6.92 Å². The fourth-order valence-electron chi connectivity index (χ4n) is 2.71. The minimum absolute atomic E-state index is 0.178. The second kappa shape index (κ2) is 8.78. The van der Waals surface area contributed by atoms with Gasteiger partial charge in [-0.2, -0.15) is 0 Å². The van der Waals surface area contributed by atoms with E-state index >= 15 is 0 Å². The van der Waals surface area contributed by atoms with Crippen molar-refractivity contribution >= 4 is 33.0 Å². The van der Waals surface area contributed by atoms with Gasteiger partial charge in [0.2, 0.25) is 15.9 Å². The zero-order chi connectivity index (χ0) is 21.8. The van der Waals surface area contributed by atoms with Crippen LogP contribution in [0.3, 0.4) is 0 Å². The highest BCUT2D eigenvalue weighted by Gasteiger charge is 2.30. The Morgan fingerprint density at radius 2 is 1.79 bits per heavy atom. The molecule has 2 aromatic rings. The minimum atomic E-state index is -3.85. The number of benzene rings is 2. The molecule has 0 aliphatic carbocycles. The molecule has 0 aromatic heterocycles. The predicted octanol–water partition coefficient (Wildman–Crippen LogP) is 2.41. The zero-order valence-electron chi connectivity index (χ0n) is 16.3. The molecule has 10 nitrogen and oxygen atoms in total. The van der Waals surface area contributed by atoms with Crippen molar-refractivity contribution in [2.24, 2.45) is 0 Å². The molecule has 11 heteroatoms. The van der Waals surface area contributed by atoms with E-state index in [4.69, 9.17) is 9.47 Å². The molecule has 2 aromatic carbocycles. The highest BCUT2D eigenvalue weighted by molar-refractivity contribution is 7.92. The Bertz CT molecular complexity index is 1020. The SMILES string of the molecule is COc1ccc(N(C(C)C(=O)Nc2cccc([N+](=O)[O-])c2)S(C)(=O)=O)cc1OC. The van der Waals surface area contributed by atoms with Gasteiger partial charge in [-0.1, -0.05) is 6.07 Å². The normalized spacial score (nSPS) is 12.0. The van der Waals surface area contributed by atoms with E-state index in [1.54, 1.807) is 0 Å². The number of amides is 1. The number of nitrogens with zero attached hydrogens (tertiary/aromatic N) is 2. The topological polar surface area (TPSA) is 128 Å². The largest absolute Gasteiger partial charge is 0.493 e. The summed E-state index contributed by atoms with van der Waals surface area (Å²) < 4.78 is 36.1. The number of carbonyl (C=O) groups excluding carboxylic acids is 1. The standard InChI is InChI=1S/C18H21N3O7S/c1-12(18(22)19-13-6-5-7-15(10-13)21(23)24)20(29(4,25)26)14-8-9-16(27-2)17(11-14)28-3/h5-12H,1-4H3,(H,19,22). The van der Waals surface area contributed by atoms with Crippen LogP contribution in [0.15, 0.2) is 42.5 Å². The molecule has 156 valence electrons. The number of nitro benzene ring substituents is 1. The van der Waals surface area contributed by atoms with E-state index in [2.05, 4.69) is 5.32 Å². The Balaban J connectivity index is 2.37. The summed E-state index contributed by atoms with van der Waals surface area (Å²) in [5.74, 6) is 0.0362. The molecule has 29 heavy (non-hydrogen) atoms. The van der Waals surface area contributed by atoms with Gasteiger partial charge >= 0.3 is 0 Å². The Kier molecular flexibility index (Phi) is 6.64. The monoisotopic (exact) mass is 423 g/mol. The highest BCUT2D eigenvalue weighted by atomic mass is 32.2. The van der Waals surface area contributed by atoms with Gasteiger partial charge in [-0.3, -0.25) is 19.2 Å². The molecule has 0 bridgehead atoms. The van der Waals surface area contributed by atoms with Crippen molar-refractivity contribution < 1.29 is 27.6 Å². The van der Waals surface area contributed by atoms with E-state index < -0.39 is 26.9 Å². The molecule has 0 heterocycles. The average molecular weight is 423 g/mol. The fraction of sp³-hybridized carbons (Fsp3) is 0.278. The quantitative estimate of drug-likeness (QED) is 0.510. The molecule has 0 saturated carbocycles. The molecule has 0 saturated heterocycles. The molecule has 0 radical (unpaired) electrons. The van der Waals surface area contributed by atoms with Gasteiger partial charge in [0.25, 0.3) is 5.69 Å². The predicted molar refractivity (Wildman–Crippen MR) is 108 cm³/mol. The Morgan fingerprint density at radius 3 is 2.34 bits per heavy atom. The number of rotatable bonds is 8. The second-order valence-corrected chi connectivity index (χ2v) is 7.93. The van der Waals surface area contributed by atoms with Crippen molar-refractivity contribution in [1.82, 2.24) is 0 Å². The van der Waals surface area contributed by atoms with Crippen LogP contribution in [0.2, 0.25) is 0 Å². The van der Waals surface area contributed by atoms with Crippen LogP contribution in [0.25, 0.3) is 0 Å². The van der Waals surface area contributed by atoms with Crippen LogP contribution in [-0.2, 0) is 14.8 Å². The Hall–Kier alpha value is -3.34. The molecule has 1 amide bonds. The number of nitro groups is 1. The molecular formula is C18H21N3O7S. The van der Waals surface area contributed by atoms with E-state index in [1.165, 1.54) is 63.6 Å². The van der Waals surface area contributed by atoms with E-state index in [0.29, 0.717) is 11.5 Å². The summed E-state index contributed by atoms with van der Waals surface area (Å²) in [5, 5.41) is 13.4. The van der Waals surface area contributed by atoms with E-state index in [1.807, 2.05) is 0 Å². The third kappa shape index (κ3) is 5.13. The number of non-ortho nitro benzene ring substituents is 1. The molecule has 0 aliphatic rings. The number of anilines is 2. The maximum absolute atomic E-state index is 12.7. The molecule has 0 aliphatic heterocycles. The summed E-state index contributed by atoms with van der Waals surface area (Å²) >= 11 is 0. The number of nitrogens with one attached hydrogen (secondary N) is 1. The van der Waals surface area contributed by atoms with Crippen LogP contribution in [0, 0.1) is 10.1 Å². The lowest BCUT2D eigenvalue weighted by molar-refractivity contribution is -0.384. The molecule has 0 spiro atoms. The number of hydrogen-bond donors (Lipinski definition) is 1. The van der Waals surface area contributed by atoms with Crippen molar-refractivity contribution in [2.75, 3.05) is 30.1 Å². The zero-order valence-corrected chi connectivity index (χ0v) is 17.1. The van der Waals surface area contributed by atoms with Gasteiger partial charge in [0.05, 0.1) is 31.1 Å². The van der Waals surface area contributed by atoms with Crippen molar-refractivity contribution in [2.45, 2.75) is 13.0 Å². The lowest BCUT2D eigenvalue weighted by Crippen LogP contribution is -2.45. The van der Waals surface area contributed by atoms with Gasteiger partial charge in [0.15, 0.2) is 11.5 Å². The molecular weight excluding hydrogens is 402 g/mol. The summed E-state index contributed by atoms with van der Waals surface area (Å²) in [6.45, 7) is 1.41. The van der Waals surface area contributed by atoms with Gasteiger partial charge in [-0.25, -0.2) is 8.42 Å². The van der Waals surface area contributed by atoms with Gasteiger partial charge < -0.3 is 14.8 Å². The summed E-state index contributed by atoms with van der Waals surface area (Å²) in [6, 6.07) is 8.66. The van der Waals surface area contributed by atoms with E-state index in [-0.39, 0.29) is 17.1 Å². The maximum Gasteiger partial charge on any atom is 0.271 e. The van der Waals surface area contributed by atoms with Gasteiger partial charge in [0.1, 0.15) is 6.04 Å². The summed E-state index contributed by atoms with van der Waals surface area (Å²) in [5.41, 5.74) is 0.180. The van der Waals surface area contributed by atoms with Crippen molar-refractivity contribution in [3.05, 3.63) is 52.6 Å². The van der Waals surface area contributed by atoms with E-state index in [0.717, 1.165) is 10.6 Å². The van der Waals surface area contributed by atoms with Gasteiger partial charge in [0, 0.05) is 23.9 Å². The molecule has 1 unspecified atom stereocenters. The maximum atomic E-state index is 12.7. The first-order chi connectivity index (χ1) is 13.6. The van der Waals surface area contributed by atoms with Crippen molar-refractivity contribution in [3.63, 3.8) is 0 Å². The minimum Gasteiger partial charge on any atom is -0.493 e. The van der Waals surface area contributed by atoms with Crippen molar-refractivity contribution in [3.8, 4) is 11.5 Å². The van der Waals surface area contributed by atoms with Crippen LogP contribution in [0.4, 0.5) is 17.1 Å². The van der Waals surface area contributed by atoms with Crippen LogP contribution >= 0.6 is 0 Å². The molecule has 1 N–H and O–H groups in total. The summed E-state index contributed by atoms with van der Waals surface area (Å²) in [6.07, 6.45) is 0.973. The number of methoxy groups -OCH3 is 2. The van der Waals surface area contributed by atoms with Crippen LogP contribution in [-0.4, -0.2) is 45.8 Å². The van der Waals surface area contributed by atoms with Crippen molar-refractivity contribution in [1.29, 1.82) is 0 Å². The Labute approximate surface area is 168 Å². The first kappa shape index (κ1) is 22.0. The van der Waals surface area contributed by atoms with E-state index in [9.17, 15) is 23.3 Å². The molecule has 1 atom stereocenters. The average Bonchev–Trinajstić information content (AvgIpc) is 2.66. The third-order valence-electron chi connectivity index (χ3n) is 4.03. The van der Waals surface area contributed by atoms with Crippen LogP contribution < -0.4 is 19.1 Å². The van der Waals surface area contributed by atoms with Gasteiger partial charge in [-0.05, 0) is 25.1 Å².